The Morgan fingerprint density at radius 3 is 2.17 bits per heavy atom. The van der Waals surface area contributed by atoms with E-state index in [2.05, 4.69) is 25.3 Å². The van der Waals surface area contributed by atoms with Crippen LogP contribution in [0.2, 0.25) is 5.04 Å². The van der Waals surface area contributed by atoms with Crippen LogP contribution in [0.1, 0.15) is 33.1 Å². The molecule has 70 valence electrons. The number of piperidine rings is 1. The quantitative estimate of drug-likeness (QED) is 0.587. The fourth-order valence-electron chi connectivity index (χ4n) is 1.64. The van der Waals surface area contributed by atoms with E-state index in [0.717, 1.165) is 0 Å². The van der Waals surface area contributed by atoms with Crippen molar-refractivity contribution >= 4 is 10.2 Å². The summed E-state index contributed by atoms with van der Waals surface area (Å²) in [5.74, 6) is 0. The highest BCUT2D eigenvalue weighted by atomic mass is 28.1. The van der Waals surface area contributed by atoms with E-state index in [0.29, 0.717) is 5.04 Å². The van der Waals surface area contributed by atoms with Crippen molar-refractivity contribution in [3.05, 3.63) is 12.3 Å². The van der Waals surface area contributed by atoms with Crippen LogP contribution in [-0.2, 0) is 0 Å². The van der Waals surface area contributed by atoms with Gasteiger partial charge in [0, 0.05) is 29.0 Å². The molecule has 0 aromatic carbocycles. The first-order valence-corrected chi connectivity index (χ1v) is 5.96. The second-order valence-electron chi connectivity index (χ2n) is 4.74. The van der Waals surface area contributed by atoms with Crippen LogP contribution in [0.3, 0.4) is 0 Å². The molecule has 1 aliphatic heterocycles. The van der Waals surface area contributed by atoms with Crippen LogP contribution < -0.4 is 0 Å². The minimum Gasteiger partial charge on any atom is -0.375 e. The monoisotopic (exact) mass is 183 g/mol. The van der Waals surface area contributed by atoms with Crippen molar-refractivity contribution in [2.45, 2.75) is 38.1 Å². The summed E-state index contributed by atoms with van der Waals surface area (Å²) >= 11 is 0. The molecule has 12 heavy (non-hydrogen) atoms. The molecule has 1 aliphatic rings. The van der Waals surface area contributed by atoms with Crippen molar-refractivity contribution in [3.63, 3.8) is 0 Å². The number of nitrogens with zero attached hydrogens (tertiary/aromatic N) is 1. The fourth-order valence-corrected chi connectivity index (χ4v) is 1.95. The van der Waals surface area contributed by atoms with Crippen molar-refractivity contribution in [2.75, 3.05) is 13.1 Å². The summed E-state index contributed by atoms with van der Waals surface area (Å²) in [4.78, 5) is 2.48. The smallest absolute Gasteiger partial charge is 0.0174 e. The predicted molar refractivity (Wildman–Crippen MR) is 58.5 cm³/mol. The number of hydrogen-bond donors (Lipinski definition) is 0. The average molecular weight is 183 g/mol. The molecular weight excluding hydrogens is 162 g/mol. The molecule has 0 aliphatic carbocycles. The van der Waals surface area contributed by atoms with Crippen molar-refractivity contribution < 1.29 is 0 Å². The van der Waals surface area contributed by atoms with E-state index < -0.39 is 0 Å². The number of rotatable bonds is 2. The molecule has 0 unspecified atom stereocenters. The summed E-state index contributed by atoms with van der Waals surface area (Å²) in [7, 11) is 1.20. The molecule has 0 atom stereocenters. The standard InChI is InChI=1S/C10H21NSi/c1-9(10(2,3)12)11-7-5-4-6-8-11/h1,4-8H2,2-3,12H3. The largest absolute Gasteiger partial charge is 0.375 e. The van der Waals surface area contributed by atoms with Gasteiger partial charge >= 0.3 is 0 Å². The van der Waals surface area contributed by atoms with E-state index in [1.165, 1.54) is 48.3 Å². The topological polar surface area (TPSA) is 3.24 Å². The predicted octanol–water partition coefficient (Wildman–Crippen LogP) is 1.55. The van der Waals surface area contributed by atoms with Crippen molar-refractivity contribution in [1.82, 2.24) is 4.90 Å². The molecule has 0 radical (unpaired) electrons. The Hall–Kier alpha value is -0.243. The second-order valence-corrected chi connectivity index (χ2v) is 7.24. The van der Waals surface area contributed by atoms with Gasteiger partial charge in [-0.2, -0.15) is 0 Å². The van der Waals surface area contributed by atoms with E-state index >= 15 is 0 Å². The zero-order valence-corrected chi connectivity index (χ0v) is 10.7. The Labute approximate surface area is 79.3 Å². The highest BCUT2D eigenvalue weighted by Crippen LogP contribution is 2.32. The summed E-state index contributed by atoms with van der Waals surface area (Å²) in [6.45, 7) is 11.3. The summed E-state index contributed by atoms with van der Waals surface area (Å²) in [5, 5.41) is 0.386. The summed E-state index contributed by atoms with van der Waals surface area (Å²) in [6, 6.07) is 0. The van der Waals surface area contributed by atoms with Gasteiger partial charge in [0.15, 0.2) is 0 Å². The van der Waals surface area contributed by atoms with Crippen molar-refractivity contribution in [2.24, 2.45) is 0 Å². The molecular formula is C10H21NSi. The Morgan fingerprint density at radius 1 is 1.25 bits per heavy atom. The van der Waals surface area contributed by atoms with Crippen LogP contribution >= 0.6 is 0 Å². The molecule has 0 saturated carbocycles. The van der Waals surface area contributed by atoms with Crippen molar-refractivity contribution in [3.8, 4) is 0 Å². The summed E-state index contributed by atoms with van der Waals surface area (Å²) in [6.07, 6.45) is 4.12. The lowest BCUT2D eigenvalue weighted by molar-refractivity contribution is 0.267. The molecule has 0 amide bonds. The van der Waals surface area contributed by atoms with Crippen LogP contribution in [0.5, 0.6) is 0 Å². The van der Waals surface area contributed by atoms with Crippen LogP contribution in [-0.4, -0.2) is 28.2 Å². The maximum Gasteiger partial charge on any atom is 0.0174 e. The maximum absolute atomic E-state index is 4.21. The maximum atomic E-state index is 4.21. The van der Waals surface area contributed by atoms with E-state index in [1.54, 1.807) is 0 Å². The summed E-state index contributed by atoms with van der Waals surface area (Å²) < 4.78 is 0. The number of hydrogen-bond acceptors (Lipinski definition) is 1. The lowest BCUT2D eigenvalue weighted by Gasteiger charge is -2.37. The highest BCUT2D eigenvalue weighted by Gasteiger charge is 2.21. The zero-order valence-electron chi connectivity index (χ0n) is 8.69. The van der Waals surface area contributed by atoms with Gasteiger partial charge in [-0.15, -0.1) is 0 Å². The molecule has 0 bridgehead atoms. The third-order valence-electron chi connectivity index (χ3n) is 2.60. The minimum absolute atomic E-state index is 0.386. The van der Waals surface area contributed by atoms with Crippen LogP contribution in [0, 0.1) is 0 Å². The van der Waals surface area contributed by atoms with Crippen LogP contribution in [0.15, 0.2) is 12.3 Å². The van der Waals surface area contributed by atoms with Gasteiger partial charge in [0.2, 0.25) is 0 Å². The van der Waals surface area contributed by atoms with Gasteiger partial charge in [0.25, 0.3) is 0 Å². The normalized spacial score (nSPS) is 19.7. The average Bonchev–Trinajstić information content (AvgIpc) is 2.03. The second kappa shape index (κ2) is 3.65. The molecule has 1 saturated heterocycles. The minimum atomic E-state index is 0.386. The molecule has 0 aromatic rings. The lowest BCUT2D eigenvalue weighted by Crippen LogP contribution is -2.32. The van der Waals surface area contributed by atoms with Gasteiger partial charge in [-0.25, -0.2) is 0 Å². The fraction of sp³-hybridized carbons (Fsp3) is 0.800. The molecule has 2 heteroatoms. The van der Waals surface area contributed by atoms with Gasteiger partial charge in [-0.05, 0) is 24.3 Å². The first-order valence-electron chi connectivity index (χ1n) is 4.96. The van der Waals surface area contributed by atoms with Crippen LogP contribution in [0.4, 0.5) is 0 Å². The van der Waals surface area contributed by atoms with Crippen molar-refractivity contribution in [1.29, 1.82) is 0 Å². The summed E-state index contributed by atoms with van der Waals surface area (Å²) in [5.41, 5.74) is 1.37. The van der Waals surface area contributed by atoms with Gasteiger partial charge in [-0.3, -0.25) is 0 Å². The molecule has 1 fully saturated rings. The number of likely N-dealkylation sites (tertiary alicyclic amines) is 1. The third-order valence-corrected chi connectivity index (χ3v) is 3.18. The zero-order chi connectivity index (χ0) is 9.19. The van der Waals surface area contributed by atoms with E-state index in [4.69, 9.17) is 0 Å². The Morgan fingerprint density at radius 2 is 1.75 bits per heavy atom. The van der Waals surface area contributed by atoms with E-state index in [1.807, 2.05) is 0 Å². The number of allylic oxidation sites excluding steroid dienone is 1. The van der Waals surface area contributed by atoms with E-state index in [-0.39, 0.29) is 0 Å². The van der Waals surface area contributed by atoms with Gasteiger partial charge in [0.1, 0.15) is 0 Å². The Balaban J connectivity index is 2.51. The van der Waals surface area contributed by atoms with Crippen LogP contribution in [0.25, 0.3) is 0 Å². The molecule has 0 aromatic heterocycles. The first-order chi connectivity index (χ1) is 5.52. The highest BCUT2D eigenvalue weighted by molar-refractivity contribution is 6.16. The third kappa shape index (κ3) is 2.37. The Kier molecular flexibility index (Phi) is 2.99. The van der Waals surface area contributed by atoms with E-state index in [9.17, 15) is 0 Å². The van der Waals surface area contributed by atoms with Gasteiger partial charge < -0.3 is 4.90 Å². The molecule has 1 rings (SSSR count). The first kappa shape index (κ1) is 9.84. The Bertz CT molecular complexity index is 163. The molecule has 0 N–H and O–H groups in total. The SMILES string of the molecule is C=C(N1CCCCC1)C(C)(C)[SiH3]. The lowest BCUT2D eigenvalue weighted by atomic mass is 10.1. The molecule has 1 nitrogen and oxygen atoms in total. The van der Waals surface area contributed by atoms with Gasteiger partial charge in [0.05, 0.1) is 0 Å². The molecule has 0 spiro atoms. The molecule has 1 heterocycles. The van der Waals surface area contributed by atoms with Gasteiger partial charge in [-0.1, -0.05) is 20.4 Å².